The summed E-state index contributed by atoms with van der Waals surface area (Å²) in [6.07, 6.45) is -17.6. The molecule has 0 radical (unpaired) electrons. The van der Waals surface area contributed by atoms with E-state index in [0.717, 1.165) is 13.8 Å². The molecule has 3 aliphatic carbocycles. The predicted molar refractivity (Wildman–Crippen MR) is 93.7 cm³/mol. The smallest absolute Gasteiger partial charge is 0.344 e. The first-order chi connectivity index (χ1) is 18.2. The number of rotatable bonds is 7. The average molecular weight is 664 g/mol. The number of halogens is 20. The summed E-state index contributed by atoms with van der Waals surface area (Å²) in [5.41, 5.74) is -6.01. The van der Waals surface area contributed by atoms with Crippen LogP contribution in [-0.2, 0) is 9.47 Å². The van der Waals surface area contributed by atoms with Crippen molar-refractivity contribution in [3.05, 3.63) is 23.3 Å². The summed E-state index contributed by atoms with van der Waals surface area (Å²) in [5.74, 6) is -66.8. The van der Waals surface area contributed by atoms with Gasteiger partial charge in [-0.3, -0.25) is 0 Å². The summed E-state index contributed by atoms with van der Waals surface area (Å²) in [6.45, 7) is 1.91. The Labute approximate surface area is 219 Å². The average Bonchev–Trinajstić information content (AvgIpc) is 3.13. The molecule has 244 valence electrons. The van der Waals surface area contributed by atoms with E-state index in [0.29, 0.717) is 6.08 Å². The highest BCUT2D eigenvalue weighted by molar-refractivity contribution is 5.46. The van der Waals surface area contributed by atoms with E-state index in [4.69, 9.17) is 9.47 Å². The van der Waals surface area contributed by atoms with Gasteiger partial charge in [-0.2, -0.15) is 87.8 Å². The first-order valence-electron chi connectivity index (χ1n) is 10.7. The zero-order valence-corrected chi connectivity index (χ0v) is 19.8. The molecule has 0 N–H and O–H groups in total. The van der Waals surface area contributed by atoms with E-state index in [9.17, 15) is 79.0 Å². The second-order valence-electron chi connectivity index (χ2n) is 9.84. The van der Waals surface area contributed by atoms with Gasteiger partial charge in [0.2, 0.25) is 0 Å². The van der Waals surface area contributed by atoms with Gasteiger partial charge in [-0.15, -0.1) is 0 Å². The summed E-state index contributed by atoms with van der Waals surface area (Å²) in [7, 11) is 0. The lowest BCUT2D eigenvalue weighted by atomic mass is 9.65. The van der Waals surface area contributed by atoms with Crippen LogP contribution in [0, 0.1) is 11.8 Å². The molecule has 1 heterocycles. The lowest BCUT2D eigenvalue weighted by Crippen LogP contribution is -2.74. The minimum Gasteiger partial charge on any atom is -0.344 e. The Bertz CT molecular complexity index is 1160. The molecule has 1 aliphatic heterocycles. The van der Waals surface area contributed by atoms with Gasteiger partial charge in [-0.25, -0.2) is 0 Å². The van der Waals surface area contributed by atoms with Crippen molar-refractivity contribution in [2.75, 3.05) is 0 Å². The molecular weight excluding hydrogens is 652 g/mol. The number of ether oxygens (including phenoxy) is 2. The number of hydrogen-bond acceptors (Lipinski definition) is 2. The fourth-order valence-corrected chi connectivity index (χ4v) is 4.76. The van der Waals surface area contributed by atoms with E-state index in [1.165, 1.54) is 0 Å². The van der Waals surface area contributed by atoms with Gasteiger partial charge in [0, 0.05) is 23.0 Å². The Hall–Kier alpha value is -2.00. The molecule has 4 aliphatic rings. The molecule has 0 aromatic carbocycles. The zero-order chi connectivity index (χ0) is 33.3. The van der Waals surface area contributed by atoms with Crippen LogP contribution in [0.5, 0.6) is 0 Å². The Morgan fingerprint density at radius 2 is 0.786 bits per heavy atom. The highest BCUT2D eigenvalue weighted by Crippen LogP contribution is 2.67. The monoisotopic (exact) mass is 664 g/mol. The quantitative estimate of drug-likeness (QED) is 0.202. The molecule has 4 atom stereocenters. The molecule has 0 saturated carbocycles. The van der Waals surface area contributed by atoms with Crippen molar-refractivity contribution in [2.24, 2.45) is 11.8 Å². The zero-order valence-electron chi connectivity index (χ0n) is 19.8. The molecule has 0 aromatic heterocycles. The molecule has 0 aromatic rings. The van der Waals surface area contributed by atoms with Crippen LogP contribution in [0.3, 0.4) is 0 Å². The Morgan fingerprint density at radius 1 is 0.476 bits per heavy atom. The highest BCUT2D eigenvalue weighted by atomic mass is 19.4. The predicted octanol–water partition coefficient (Wildman–Crippen LogP) is 8.19. The van der Waals surface area contributed by atoms with Crippen molar-refractivity contribution < 1.29 is 97.3 Å². The van der Waals surface area contributed by atoms with E-state index < -0.39 is 94.8 Å². The maximum absolute atomic E-state index is 15.1. The molecule has 0 amide bonds. The lowest BCUT2D eigenvalue weighted by molar-refractivity contribution is -0.460. The SMILES string of the molecule is CC1(C)OC2C(O1)[C@H]1C=C[C@@H]2C(C(F)(F)F)=C1C(F)(F)C(F)(F)C(F)(F)C(F)(F)C(F)(F)C(F)(F)C(F)(F)C(F)(F)F. The van der Waals surface area contributed by atoms with E-state index >= 15 is 8.78 Å². The fraction of sp³-hybridized carbons (Fsp3) is 0.800. The van der Waals surface area contributed by atoms with Crippen molar-refractivity contribution >= 4 is 0 Å². The summed E-state index contributed by atoms with van der Waals surface area (Å²) in [5, 5.41) is 0. The third-order valence-electron chi connectivity index (χ3n) is 6.72. The molecule has 4 rings (SSSR count). The first-order valence-corrected chi connectivity index (χ1v) is 10.7. The number of alkyl halides is 20. The normalized spacial score (nSPS) is 28.0. The molecule has 2 bridgehead atoms. The van der Waals surface area contributed by atoms with Crippen LogP contribution in [0.1, 0.15) is 13.8 Å². The fourth-order valence-electron chi connectivity index (χ4n) is 4.76. The van der Waals surface area contributed by atoms with Gasteiger partial charge in [-0.1, -0.05) is 12.2 Å². The van der Waals surface area contributed by atoms with Crippen LogP contribution < -0.4 is 0 Å². The van der Waals surface area contributed by atoms with Crippen molar-refractivity contribution in [2.45, 2.75) is 85.7 Å². The van der Waals surface area contributed by atoms with Crippen molar-refractivity contribution in [1.29, 1.82) is 0 Å². The Morgan fingerprint density at radius 3 is 1.12 bits per heavy atom. The van der Waals surface area contributed by atoms with Crippen LogP contribution in [0.4, 0.5) is 87.8 Å². The van der Waals surface area contributed by atoms with Crippen LogP contribution >= 0.6 is 0 Å². The van der Waals surface area contributed by atoms with Gasteiger partial charge in [0.15, 0.2) is 5.79 Å². The minimum atomic E-state index is -8.91. The minimum absolute atomic E-state index is 0.230. The Balaban J connectivity index is 2.23. The van der Waals surface area contributed by atoms with Gasteiger partial charge in [0.1, 0.15) is 0 Å². The summed E-state index contributed by atoms with van der Waals surface area (Å²) in [4.78, 5) is 0. The second kappa shape index (κ2) is 8.80. The topological polar surface area (TPSA) is 18.5 Å². The standard InChI is InChI=1S/C20H12F20O2/c1-11(2)41-9-5-3-4-6(10(9)42-11)8(13(23,24)25)7(5)12(21,22)14(26,27)15(28,29)16(30,31)17(32,33)18(34,35)19(36,37)20(38,39)40/h3-6,9-10H,1-2H3/t5-,6+,9?,10?/m0/s1. The maximum atomic E-state index is 15.1. The summed E-state index contributed by atoms with van der Waals surface area (Å²) < 4.78 is 285. The maximum Gasteiger partial charge on any atom is 0.460 e. The molecule has 42 heavy (non-hydrogen) atoms. The summed E-state index contributed by atoms with van der Waals surface area (Å²) >= 11 is 0. The molecule has 1 fully saturated rings. The third-order valence-corrected chi connectivity index (χ3v) is 6.72. The number of hydrogen-bond donors (Lipinski definition) is 0. The molecular formula is C20H12F20O2. The first kappa shape index (κ1) is 34.5. The lowest BCUT2D eigenvalue weighted by Gasteiger charge is -2.48. The van der Waals surface area contributed by atoms with Gasteiger partial charge < -0.3 is 9.47 Å². The molecule has 2 unspecified atom stereocenters. The largest absolute Gasteiger partial charge is 0.460 e. The van der Waals surface area contributed by atoms with Gasteiger partial charge >= 0.3 is 53.8 Å². The van der Waals surface area contributed by atoms with E-state index in [2.05, 4.69) is 0 Å². The Kier molecular flexibility index (Phi) is 7.23. The van der Waals surface area contributed by atoms with E-state index in [1.54, 1.807) is 0 Å². The molecule has 0 spiro atoms. The van der Waals surface area contributed by atoms with Crippen molar-refractivity contribution in [3.8, 4) is 0 Å². The summed E-state index contributed by atoms with van der Waals surface area (Å²) in [6, 6.07) is 0. The molecule has 22 heteroatoms. The van der Waals surface area contributed by atoms with Gasteiger partial charge in [0.05, 0.1) is 12.2 Å². The van der Waals surface area contributed by atoms with Crippen molar-refractivity contribution in [3.63, 3.8) is 0 Å². The van der Waals surface area contributed by atoms with Gasteiger partial charge in [-0.05, 0) is 13.8 Å². The third kappa shape index (κ3) is 4.15. The van der Waals surface area contributed by atoms with Crippen LogP contribution in [0.15, 0.2) is 23.3 Å². The second-order valence-corrected chi connectivity index (χ2v) is 9.84. The van der Waals surface area contributed by atoms with Crippen LogP contribution in [0.2, 0.25) is 0 Å². The molecule has 1 saturated heterocycles. The van der Waals surface area contributed by atoms with Crippen LogP contribution in [0.25, 0.3) is 0 Å². The van der Waals surface area contributed by atoms with Crippen LogP contribution in [-0.4, -0.2) is 71.8 Å². The van der Waals surface area contributed by atoms with Gasteiger partial charge in [0.25, 0.3) is 0 Å². The van der Waals surface area contributed by atoms with Crippen molar-refractivity contribution in [1.82, 2.24) is 0 Å². The molecule has 2 nitrogen and oxygen atoms in total. The van der Waals surface area contributed by atoms with E-state index in [-0.39, 0.29) is 6.08 Å². The van der Waals surface area contributed by atoms with E-state index in [1.807, 2.05) is 0 Å². The highest BCUT2D eigenvalue weighted by Gasteiger charge is 2.95.